The van der Waals surface area contributed by atoms with E-state index in [1.165, 1.54) is 11.3 Å². The Kier molecular flexibility index (Phi) is 3.47. The standard InChI is InChI=1S/C12H14N2O3S/c1-12(2,7-10(15)16)6-9-13-11(14-17-9)8-4-3-5-18-8/h3-5H,6-7H2,1-2H3,(H,15,16). The smallest absolute Gasteiger partial charge is 0.303 e. The molecular weight excluding hydrogens is 252 g/mol. The van der Waals surface area contributed by atoms with Crippen LogP contribution < -0.4 is 0 Å². The molecule has 0 aromatic carbocycles. The van der Waals surface area contributed by atoms with Crippen LogP contribution >= 0.6 is 11.3 Å². The monoisotopic (exact) mass is 266 g/mol. The summed E-state index contributed by atoms with van der Waals surface area (Å²) in [5, 5.41) is 14.7. The van der Waals surface area contributed by atoms with Crippen LogP contribution in [0.3, 0.4) is 0 Å². The normalized spacial score (nSPS) is 11.7. The van der Waals surface area contributed by atoms with Crippen molar-refractivity contribution in [1.82, 2.24) is 10.1 Å². The molecule has 0 amide bonds. The van der Waals surface area contributed by atoms with Gasteiger partial charge in [0.15, 0.2) is 0 Å². The van der Waals surface area contributed by atoms with Gasteiger partial charge in [0, 0.05) is 6.42 Å². The maximum Gasteiger partial charge on any atom is 0.303 e. The second-order valence-electron chi connectivity index (χ2n) is 4.90. The van der Waals surface area contributed by atoms with Crippen LogP contribution in [0.1, 0.15) is 26.2 Å². The van der Waals surface area contributed by atoms with Crippen LogP contribution in [-0.2, 0) is 11.2 Å². The minimum atomic E-state index is -0.821. The Morgan fingerprint density at radius 2 is 2.33 bits per heavy atom. The maximum absolute atomic E-state index is 10.7. The molecule has 2 aromatic heterocycles. The summed E-state index contributed by atoms with van der Waals surface area (Å²) in [6.45, 7) is 3.74. The Labute approximate surface area is 108 Å². The van der Waals surface area contributed by atoms with E-state index in [9.17, 15) is 4.79 Å². The van der Waals surface area contributed by atoms with E-state index in [0.29, 0.717) is 18.1 Å². The largest absolute Gasteiger partial charge is 0.481 e. The third kappa shape index (κ3) is 3.16. The summed E-state index contributed by atoms with van der Waals surface area (Å²) in [4.78, 5) is 16.0. The molecular formula is C12H14N2O3S. The third-order valence-electron chi connectivity index (χ3n) is 2.47. The molecule has 2 aromatic rings. The van der Waals surface area contributed by atoms with Crippen LogP contribution in [0.2, 0.25) is 0 Å². The lowest BCUT2D eigenvalue weighted by molar-refractivity contribution is -0.139. The number of carboxylic acids is 1. The van der Waals surface area contributed by atoms with E-state index in [1.54, 1.807) is 0 Å². The van der Waals surface area contributed by atoms with Gasteiger partial charge in [-0.15, -0.1) is 11.3 Å². The first kappa shape index (κ1) is 12.8. The van der Waals surface area contributed by atoms with Crippen molar-refractivity contribution in [3.05, 3.63) is 23.4 Å². The molecule has 0 aliphatic carbocycles. The Bertz CT molecular complexity index is 531. The van der Waals surface area contributed by atoms with Gasteiger partial charge in [0.1, 0.15) is 0 Å². The lowest BCUT2D eigenvalue weighted by Gasteiger charge is -2.19. The predicted molar refractivity (Wildman–Crippen MR) is 67.3 cm³/mol. The number of hydrogen-bond acceptors (Lipinski definition) is 5. The second kappa shape index (κ2) is 4.89. The lowest BCUT2D eigenvalue weighted by atomic mass is 9.86. The molecule has 0 fully saturated rings. The van der Waals surface area contributed by atoms with Crippen molar-refractivity contribution in [2.24, 2.45) is 5.41 Å². The van der Waals surface area contributed by atoms with Crippen LogP contribution in [0.15, 0.2) is 22.0 Å². The zero-order valence-electron chi connectivity index (χ0n) is 10.2. The number of carbonyl (C=O) groups is 1. The Morgan fingerprint density at radius 1 is 1.56 bits per heavy atom. The fourth-order valence-corrected chi connectivity index (χ4v) is 2.36. The molecule has 0 spiro atoms. The van der Waals surface area contributed by atoms with Crippen molar-refractivity contribution in [2.75, 3.05) is 0 Å². The zero-order valence-corrected chi connectivity index (χ0v) is 11.0. The number of aliphatic carboxylic acids is 1. The molecule has 0 saturated heterocycles. The first-order valence-corrected chi connectivity index (χ1v) is 6.42. The summed E-state index contributed by atoms with van der Waals surface area (Å²) < 4.78 is 5.16. The van der Waals surface area contributed by atoms with Crippen molar-refractivity contribution >= 4 is 17.3 Å². The Morgan fingerprint density at radius 3 is 2.94 bits per heavy atom. The SMILES string of the molecule is CC(C)(CC(=O)O)Cc1nc(-c2cccs2)no1. The summed E-state index contributed by atoms with van der Waals surface area (Å²) in [7, 11) is 0. The highest BCUT2D eigenvalue weighted by atomic mass is 32.1. The molecule has 2 heterocycles. The Balaban J connectivity index is 2.09. The number of aromatic nitrogens is 2. The maximum atomic E-state index is 10.7. The van der Waals surface area contributed by atoms with Crippen molar-refractivity contribution < 1.29 is 14.4 Å². The van der Waals surface area contributed by atoms with E-state index in [-0.39, 0.29) is 6.42 Å². The molecule has 0 unspecified atom stereocenters. The predicted octanol–water partition coefficient (Wildman–Crippen LogP) is 2.84. The highest BCUT2D eigenvalue weighted by molar-refractivity contribution is 7.13. The van der Waals surface area contributed by atoms with Gasteiger partial charge in [-0.25, -0.2) is 0 Å². The average Bonchev–Trinajstić information content (AvgIpc) is 2.82. The molecule has 18 heavy (non-hydrogen) atoms. The molecule has 1 N–H and O–H groups in total. The van der Waals surface area contributed by atoms with Gasteiger partial charge in [-0.3, -0.25) is 4.79 Å². The van der Waals surface area contributed by atoms with Crippen molar-refractivity contribution in [3.8, 4) is 10.7 Å². The molecule has 0 bridgehead atoms. The molecule has 0 aliphatic heterocycles. The molecule has 2 rings (SSSR count). The fourth-order valence-electron chi connectivity index (χ4n) is 1.71. The van der Waals surface area contributed by atoms with Crippen LogP contribution in [0.25, 0.3) is 10.7 Å². The number of thiophene rings is 1. The van der Waals surface area contributed by atoms with E-state index in [0.717, 1.165) is 4.88 Å². The number of rotatable bonds is 5. The summed E-state index contributed by atoms with van der Waals surface area (Å²) in [6.07, 6.45) is 0.529. The van der Waals surface area contributed by atoms with Gasteiger partial charge in [-0.1, -0.05) is 25.1 Å². The van der Waals surface area contributed by atoms with E-state index in [1.807, 2.05) is 31.4 Å². The minimum Gasteiger partial charge on any atom is -0.481 e. The van der Waals surface area contributed by atoms with Gasteiger partial charge in [0.2, 0.25) is 11.7 Å². The summed E-state index contributed by atoms with van der Waals surface area (Å²) >= 11 is 1.54. The van der Waals surface area contributed by atoms with Crippen LogP contribution in [0.5, 0.6) is 0 Å². The van der Waals surface area contributed by atoms with Crippen LogP contribution in [-0.4, -0.2) is 21.2 Å². The van der Waals surface area contributed by atoms with Crippen molar-refractivity contribution in [1.29, 1.82) is 0 Å². The summed E-state index contributed by atoms with van der Waals surface area (Å²) in [5.74, 6) is 0.216. The average molecular weight is 266 g/mol. The van der Waals surface area contributed by atoms with Gasteiger partial charge >= 0.3 is 5.97 Å². The van der Waals surface area contributed by atoms with E-state index >= 15 is 0 Å². The molecule has 0 saturated carbocycles. The van der Waals surface area contributed by atoms with E-state index in [2.05, 4.69) is 10.1 Å². The highest BCUT2D eigenvalue weighted by Gasteiger charge is 2.25. The number of nitrogens with zero attached hydrogens (tertiary/aromatic N) is 2. The van der Waals surface area contributed by atoms with Crippen molar-refractivity contribution in [2.45, 2.75) is 26.7 Å². The van der Waals surface area contributed by atoms with Gasteiger partial charge < -0.3 is 9.63 Å². The minimum absolute atomic E-state index is 0.0731. The molecule has 96 valence electrons. The first-order chi connectivity index (χ1) is 8.46. The van der Waals surface area contributed by atoms with Gasteiger partial charge in [0.05, 0.1) is 11.3 Å². The second-order valence-corrected chi connectivity index (χ2v) is 5.85. The molecule has 0 radical (unpaired) electrons. The van der Waals surface area contributed by atoms with Gasteiger partial charge in [-0.05, 0) is 16.9 Å². The quantitative estimate of drug-likeness (QED) is 0.900. The molecule has 0 atom stereocenters. The molecule has 5 nitrogen and oxygen atoms in total. The van der Waals surface area contributed by atoms with Gasteiger partial charge in [0.25, 0.3) is 0 Å². The van der Waals surface area contributed by atoms with Crippen molar-refractivity contribution in [3.63, 3.8) is 0 Å². The van der Waals surface area contributed by atoms with Crippen LogP contribution in [0.4, 0.5) is 0 Å². The topological polar surface area (TPSA) is 76.2 Å². The summed E-state index contributed by atoms with van der Waals surface area (Å²) in [6, 6.07) is 3.84. The number of hydrogen-bond donors (Lipinski definition) is 1. The highest BCUT2D eigenvalue weighted by Crippen LogP contribution is 2.27. The first-order valence-electron chi connectivity index (χ1n) is 5.54. The van der Waals surface area contributed by atoms with Crippen LogP contribution in [0, 0.1) is 5.41 Å². The lowest BCUT2D eigenvalue weighted by Crippen LogP contribution is -2.19. The number of carboxylic acid groups (broad SMARTS) is 1. The Hall–Kier alpha value is -1.69. The summed E-state index contributed by atoms with van der Waals surface area (Å²) in [5.41, 5.74) is -0.398. The third-order valence-corrected chi connectivity index (χ3v) is 3.34. The van der Waals surface area contributed by atoms with Gasteiger partial charge in [-0.2, -0.15) is 4.98 Å². The zero-order chi connectivity index (χ0) is 13.2. The fraction of sp³-hybridized carbons (Fsp3) is 0.417. The molecule has 6 heteroatoms. The van der Waals surface area contributed by atoms with E-state index < -0.39 is 11.4 Å². The molecule has 0 aliphatic rings. The van der Waals surface area contributed by atoms with E-state index in [4.69, 9.17) is 9.63 Å².